The Hall–Kier alpha value is -2.90. The topological polar surface area (TPSA) is 91.7 Å². The highest BCUT2D eigenvalue weighted by molar-refractivity contribution is 5.74. The Morgan fingerprint density at radius 2 is 2.00 bits per heavy atom. The molecule has 1 saturated heterocycles. The maximum Gasteiger partial charge on any atom is 0.263 e. The maximum absolute atomic E-state index is 12.4. The molecule has 8 heteroatoms. The highest BCUT2D eigenvalue weighted by atomic mass is 16.1. The maximum atomic E-state index is 12.4. The van der Waals surface area contributed by atoms with E-state index in [-0.39, 0.29) is 11.1 Å². The van der Waals surface area contributed by atoms with Crippen LogP contribution in [0.5, 0.6) is 0 Å². The fourth-order valence-electron chi connectivity index (χ4n) is 3.55. The van der Waals surface area contributed by atoms with Gasteiger partial charge in [-0.15, -0.1) is 0 Å². The van der Waals surface area contributed by atoms with Gasteiger partial charge in [0.2, 0.25) is 5.95 Å². The summed E-state index contributed by atoms with van der Waals surface area (Å²) in [7, 11) is 0. The first-order chi connectivity index (χ1) is 13.4. The van der Waals surface area contributed by atoms with Crippen molar-refractivity contribution in [1.29, 1.82) is 0 Å². The zero-order valence-electron chi connectivity index (χ0n) is 16.7. The SMILES string of the molecule is CC(C)(C)n1ncc2c(=O)[nH]c(NCc3ccnc(N4CCCCC4)c3)nc21. The molecule has 4 rings (SSSR count). The van der Waals surface area contributed by atoms with Crippen molar-refractivity contribution in [3.8, 4) is 0 Å². The van der Waals surface area contributed by atoms with Crippen molar-refractivity contribution in [3.05, 3.63) is 40.4 Å². The van der Waals surface area contributed by atoms with Crippen molar-refractivity contribution in [3.63, 3.8) is 0 Å². The average Bonchev–Trinajstić information content (AvgIpc) is 3.12. The van der Waals surface area contributed by atoms with E-state index < -0.39 is 0 Å². The molecule has 0 spiro atoms. The summed E-state index contributed by atoms with van der Waals surface area (Å²) in [4.78, 5) is 26.7. The first-order valence-electron chi connectivity index (χ1n) is 9.84. The molecule has 0 bridgehead atoms. The van der Waals surface area contributed by atoms with Gasteiger partial charge in [0.1, 0.15) is 11.2 Å². The van der Waals surface area contributed by atoms with E-state index in [4.69, 9.17) is 0 Å². The Morgan fingerprint density at radius 3 is 2.75 bits per heavy atom. The molecule has 0 radical (unpaired) electrons. The van der Waals surface area contributed by atoms with Gasteiger partial charge in [-0.2, -0.15) is 10.1 Å². The number of aromatic nitrogens is 5. The lowest BCUT2D eigenvalue weighted by Gasteiger charge is -2.27. The number of nitrogens with zero attached hydrogens (tertiary/aromatic N) is 5. The van der Waals surface area contributed by atoms with Crippen LogP contribution in [0.15, 0.2) is 29.3 Å². The number of pyridine rings is 1. The van der Waals surface area contributed by atoms with Gasteiger partial charge in [0.05, 0.1) is 11.7 Å². The van der Waals surface area contributed by atoms with Crippen molar-refractivity contribution >= 4 is 22.8 Å². The van der Waals surface area contributed by atoms with Crippen LogP contribution in [-0.4, -0.2) is 37.8 Å². The van der Waals surface area contributed by atoms with Crippen LogP contribution in [0.3, 0.4) is 0 Å². The first-order valence-corrected chi connectivity index (χ1v) is 9.84. The number of rotatable bonds is 4. The second-order valence-electron chi connectivity index (χ2n) is 8.30. The van der Waals surface area contributed by atoms with E-state index in [0.717, 1.165) is 24.5 Å². The molecule has 4 heterocycles. The number of H-pyrrole nitrogens is 1. The summed E-state index contributed by atoms with van der Waals surface area (Å²) in [6, 6.07) is 4.09. The lowest BCUT2D eigenvalue weighted by molar-refractivity contribution is 0.366. The van der Waals surface area contributed by atoms with E-state index in [1.54, 1.807) is 10.9 Å². The van der Waals surface area contributed by atoms with Crippen molar-refractivity contribution in [2.24, 2.45) is 0 Å². The fraction of sp³-hybridized carbons (Fsp3) is 0.500. The third-order valence-electron chi connectivity index (χ3n) is 5.02. The van der Waals surface area contributed by atoms with Crippen molar-refractivity contribution in [2.75, 3.05) is 23.3 Å². The van der Waals surface area contributed by atoms with Gasteiger partial charge in [-0.25, -0.2) is 9.67 Å². The molecule has 8 nitrogen and oxygen atoms in total. The van der Waals surface area contributed by atoms with Gasteiger partial charge in [-0.05, 0) is 57.7 Å². The quantitative estimate of drug-likeness (QED) is 0.722. The molecule has 0 unspecified atom stereocenters. The summed E-state index contributed by atoms with van der Waals surface area (Å²) in [6.07, 6.45) is 7.15. The molecular weight excluding hydrogens is 354 g/mol. The smallest absolute Gasteiger partial charge is 0.263 e. The van der Waals surface area contributed by atoms with Crippen molar-refractivity contribution < 1.29 is 0 Å². The summed E-state index contributed by atoms with van der Waals surface area (Å²) in [5.41, 5.74) is 1.24. The number of anilines is 2. The van der Waals surface area contributed by atoms with E-state index in [0.29, 0.717) is 23.5 Å². The second-order valence-corrected chi connectivity index (χ2v) is 8.30. The lowest BCUT2D eigenvalue weighted by atomic mass is 10.1. The summed E-state index contributed by atoms with van der Waals surface area (Å²) >= 11 is 0. The zero-order valence-corrected chi connectivity index (χ0v) is 16.7. The lowest BCUT2D eigenvalue weighted by Crippen LogP contribution is -2.30. The third-order valence-corrected chi connectivity index (χ3v) is 5.02. The van der Waals surface area contributed by atoms with E-state index in [2.05, 4.69) is 36.3 Å². The minimum Gasteiger partial charge on any atom is -0.357 e. The molecule has 28 heavy (non-hydrogen) atoms. The monoisotopic (exact) mass is 381 g/mol. The molecule has 3 aromatic heterocycles. The molecule has 148 valence electrons. The Kier molecular flexibility index (Phi) is 4.78. The predicted molar refractivity (Wildman–Crippen MR) is 111 cm³/mol. The number of aromatic amines is 1. The van der Waals surface area contributed by atoms with Crippen LogP contribution in [0.1, 0.15) is 45.6 Å². The van der Waals surface area contributed by atoms with Crippen LogP contribution >= 0.6 is 0 Å². The fourth-order valence-corrected chi connectivity index (χ4v) is 3.55. The van der Waals surface area contributed by atoms with Crippen LogP contribution in [0, 0.1) is 0 Å². The third kappa shape index (κ3) is 3.72. The molecule has 2 N–H and O–H groups in total. The van der Waals surface area contributed by atoms with E-state index in [9.17, 15) is 4.79 Å². The van der Waals surface area contributed by atoms with Gasteiger partial charge in [0.25, 0.3) is 5.56 Å². The van der Waals surface area contributed by atoms with Gasteiger partial charge in [0, 0.05) is 25.8 Å². The minimum atomic E-state index is -0.256. The predicted octanol–water partition coefficient (Wildman–Crippen LogP) is 2.87. The highest BCUT2D eigenvalue weighted by Gasteiger charge is 2.20. The summed E-state index contributed by atoms with van der Waals surface area (Å²) in [6.45, 7) is 8.79. The normalized spacial score (nSPS) is 15.2. The summed E-state index contributed by atoms with van der Waals surface area (Å²) in [5, 5.41) is 8.08. The van der Waals surface area contributed by atoms with Crippen molar-refractivity contribution in [2.45, 2.75) is 52.1 Å². The van der Waals surface area contributed by atoms with Crippen molar-refractivity contribution in [1.82, 2.24) is 24.7 Å². The molecule has 0 aromatic carbocycles. The van der Waals surface area contributed by atoms with Gasteiger partial charge >= 0.3 is 0 Å². The average molecular weight is 381 g/mol. The summed E-state index contributed by atoms with van der Waals surface area (Å²) < 4.78 is 1.78. The largest absolute Gasteiger partial charge is 0.357 e. The number of hydrogen-bond acceptors (Lipinski definition) is 6. The molecule has 1 aliphatic heterocycles. The van der Waals surface area contributed by atoms with Gasteiger partial charge in [-0.1, -0.05) is 0 Å². The second kappa shape index (κ2) is 7.26. The van der Waals surface area contributed by atoms with E-state index in [1.807, 2.05) is 33.0 Å². The van der Waals surface area contributed by atoms with Gasteiger partial charge < -0.3 is 10.2 Å². The number of hydrogen-bond donors (Lipinski definition) is 2. The standard InChI is InChI=1S/C20H27N7O/c1-20(2,3)27-17-15(13-23-27)18(28)25-19(24-17)22-12-14-7-8-21-16(11-14)26-9-5-4-6-10-26/h7-8,11,13H,4-6,9-10,12H2,1-3H3,(H2,22,24,25,28). The Balaban J connectivity index is 1.55. The van der Waals surface area contributed by atoms with Crippen LogP contribution in [0.4, 0.5) is 11.8 Å². The molecule has 1 aliphatic rings. The molecule has 3 aromatic rings. The van der Waals surface area contributed by atoms with E-state index >= 15 is 0 Å². The Morgan fingerprint density at radius 1 is 1.21 bits per heavy atom. The number of fused-ring (bicyclic) bond motifs is 1. The molecular formula is C20H27N7O. The van der Waals surface area contributed by atoms with Gasteiger partial charge in [-0.3, -0.25) is 9.78 Å². The van der Waals surface area contributed by atoms with E-state index in [1.165, 1.54) is 19.3 Å². The molecule has 0 atom stereocenters. The number of nitrogens with one attached hydrogen (secondary N) is 2. The minimum absolute atomic E-state index is 0.188. The molecule has 0 amide bonds. The van der Waals surface area contributed by atoms with Gasteiger partial charge in [0.15, 0.2) is 5.65 Å². The summed E-state index contributed by atoms with van der Waals surface area (Å²) in [5.74, 6) is 1.46. The van der Waals surface area contributed by atoms with Crippen LogP contribution in [0.2, 0.25) is 0 Å². The Bertz CT molecular complexity index is 1020. The zero-order chi connectivity index (χ0) is 19.7. The highest BCUT2D eigenvalue weighted by Crippen LogP contribution is 2.20. The van der Waals surface area contributed by atoms with Crippen LogP contribution < -0.4 is 15.8 Å². The number of piperidine rings is 1. The molecule has 0 saturated carbocycles. The first kappa shape index (κ1) is 18.5. The molecule has 1 fully saturated rings. The Labute approximate surface area is 164 Å². The van der Waals surface area contributed by atoms with Crippen LogP contribution in [0.25, 0.3) is 11.0 Å². The van der Waals surface area contributed by atoms with Crippen LogP contribution in [-0.2, 0) is 12.1 Å². The molecule has 0 aliphatic carbocycles.